The van der Waals surface area contributed by atoms with E-state index in [1.165, 1.54) is 44.4 Å². The van der Waals surface area contributed by atoms with Gasteiger partial charge >= 0.3 is 6.85 Å². The molecule has 0 radical (unpaired) electrons. The van der Waals surface area contributed by atoms with E-state index >= 15 is 0 Å². The lowest BCUT2D eigenvalue weighted by Gasteiger charge is -2.34. The van der Waals surface area contributed by atoms with E-state index in [1.54, 1.807) is 0 Å². The van der Waals surface area contributed by atoms with Crippen LogP contribution in [0.1, 0.15) is 25.0 Å². The van der Waals surface area contributed by atoms with Gasteiger partial charge in [0.15, 0.2) is 5.59 Å². The number of hydrogen-bond donors (Lipinski definition) is 0. The van der Waals surface area contributed by atoms with Crippen LogP contribution < -0.4 is 15.0 Å². The van der Waals surface area contributed by atoms with Crippen LogP contribution in [0, 0.1) is 6.92 Å². The molecule has 0 N–H and O–H groups in total. The Morgan fingerprint density at radius 1 is 0.880 bits per heavy atom. The molecule has 0 fully saturated rings. The van der Waals surface area contributed by atoms with Gasteiger partial charge in [-0.25, -0.2) is 4.57 Å². The van der Waals surface area contributed by atoms with Gasteiger partial charge in [-0.15, -0.1) is 0 Å². The van der Waals surface area contributed by atoms with Crippen molar-refractivity contribution in [3.63, 3.8) is 0 Å². The number of aromatic nitrogens is 1. The van der Waals surface area contributed by atoms with Crippen molar-refractivity contribution in [2.75, 3.05) is 11.9 Å². The maximum atomic E-state index is 2.41. The average molecular weight is 327 g/mol. The normalized spacial score (nSPS) is 14.3. The molecule has 124 valence electrons. The third-order valence-corrected chi connectivity index (χ3v) is 5.83. The Balaban J connectivity index is 1.95. The number of allylic oxidation sites excluding steroid dienone is 2. The van der Waals surface area contributed by atoms with Crippen molar-refractivity contribution in [1.29, 1.82) is 0 Å². The van der Waals surface area contributed by atoms with E-state index in [1.807, 2.05) is 0 Å². The van der Waals surface area contributed by atoms with Crippen LogP contribution in [0.25, 0.3) is 16.5 Å². The number of para-hydroxylation sites is 1. The largest absolute Gasteiger partial charge is 0.404 e. The van der Waals surface area contributed by atoms with E-state index < -0.39 is 0 Å². The first-order valence-corrected chi connectivity index (χ1v) is 8.88. The number of aryl methyl sites for hydroxylation is 2. The molecule has 1 aliphatic heterocycles. The summed E-state index contributed by atoms with van der Waals surface area (Å²) in [6, 6.07) is 19.8. The second-order valence-electron chi connectivity index (χ2n) is 7.16. The molecule has 0 atom stereocenters. The molecule has 1 aliphatic rings. The summed E-state index contributed by atoms with van der Waals surface area (Å²) >= 11 is 0. The molecule has 0 aliphatic carbocycles. The second kappa shape index (κ2) is 5.77. The van der Waals surface area contributed by atoms with Crippen LogP contribution >= 0.6 is 0 Å². The van der Waals surface area contributed by atoms with Gasteiger partial charge in [0.2, 0.25) is 5.52 Å². The summed E-state index contributed by atoms with van der Waals surface area (Å²) in [5, 5.41) is 1.32. The van der Waals surface area contributed by atoms with Crippen LogP contribution in [0.5, 0.6) is 0 Å². The maximum absolute atomic E-state index is 2.41. The number of fused-ring (bicyclic) bond motifs is 2. The van der Waals surface area contributed by atoms with E-state index in [0.29, 0.717) is 0 Å². The summed E-state index contributed by atoms with van der Waals surface area (Å²) in [7, 11) is 4.40. The third-order valence-electron chi connectivity index (χ3n) is 5.83. The standard InChI is InChI=1S/C22H24BN2/c1-15-9-8-12-20-18(15)13-14-22(24(20)4)23-17(3)16(2)19-10-6-7-11-21(19)25(23)5/h6-14H,1-5H3/q+1. The van der Waals surface area contributed by atoms with Crippen molar-refractivity contribution in [1.82, 2.24) is 0 Å². The maximum Gasteiger partial charge on any atom is 0.399 e. The van der Waals surface area contributed by atoms with E-state index in [0.717, 1.165) is 0 Å². The van der Waals surface area contributed by atoms with Gasteiger partial charge in [0, 0.05) is 17.1 Å². The number of anilines is 1. The van der Waals surface area contributed by atoms with E-state index in [2.05, 4.69) is 98.8 Å². The number of rotatable bonds is 1. The van der Waals surface area contributed by atoms with E-state index in [-0.39, 0.29) is 6.85 Å². The molecule has 2 aromatic carbocycles. The SMILES string of the molecule is CC1=C(C)c2ccccc2N(C)B1c1ccc2c(C)cccc2[n+]1C. The van der Waals surface area contributed by atoms with Crippen molar-refractivity contribution >= 4 is 34.6 Å². The molecule has 2 heterocycles. The fraction of sp³-hybridized carbons (Fsp3) is 0.227. The van der Waals surface area contributed by atoms with Crippen LogP contribution in [0.4, 0.5) is 5.69 Å². The van der Waals surface area contributed by atoms with Gasteiger partial charge in [-0.05, 0) is 62.7 Å². The Morgan fingerprint density at radius 2 is 1.64 bits per heavy atom. The van der Waals surface area contributed by atoms with Gasteiger partial charge in [0.05, 0.1) is 0 Å². The third kappa shape index (κ3) is 2.30. The molecule has 0 unspecified atom stereocenters. The Bertz CT molecular complexity index is 1020. The first-order chi connectivity index (χ1) is 12.0. The summed E-state index contributed by atoms with van der Waals surface area (Å²) in [4.78, 5) is 2.41. The molecular formula is C22H24BN2+. The first kappa shape index (κ1) is 16.0. The lowest BCUT2D eigenvalue weighted by Crippen LogP contribution is -2.62. The lowest BCUT2D eigenvalue weighted by molar-refractivity contribution is -0.627. The smallest absolute Gasteiger partial charge is 0.399 e. The predicted molar refractivity (Wildman–Crippen MR) is 108 cm³/mol. The minimum atomic E-state index is 0.254. The minimum Gasteiger partial charge on any atom is -0.404 e. The highest BCUT2D eigenvalue weighted by Gasteiger charge is 2.38. The quantitative estimate of drug-likeness (QED) is 0.489. The number of pyridine rings is 1. The average Bonchev–Trinajstić information content (AvgIpc) is 2.62. The Morgan fingerprint density at radius 3 is 2.44 bits per heavy atom. The summed E-state index contributed by atoms with van der Waals surface area (Å²) in [6.45, 7) is 6.96. The topological polar surface area (TPSA) is 7.12 Å². The monoisotopic (exact) mass is 327 g/mol. The molecule has 25 heavy (non-hydrogen) atoms. The van der Waals surface area contributed by atoms with Crippen molar-refractivity contribution in [2.24, 2.45) is 7.05 Å². The van der Waals surface area contributed by atoms with Crippen LogP contribution in [-0.2, 0) is 7.05 Å². The molecule has 0 saturated carbocycles. The van der Waals surface area contributed by atoms with Gasteiger partial charge in [-0.2, -0.15) is 0 Å². The number of benzene rings is 2. The fourth-order valence-corrected chi connectivity index (χ4v) is 4.23. The predicted octanol–water partition coefficient (Wildman–Crippen LogP) is 3.65. The summed E-state index contributed by atoms with van der Waals surface area (Å²) in [5.74, 6) is 0. The zero-order valence-corrected chi connectivity index (χ0v) is 15.7. The van der Waals surface area contributed by atoms with Crippen LogP contribution in [-0.4, -0.2) is 13.9 Å². The lowest BCUT2D eigenvalue weighted by atomic mass is 9.48. The van der Waals surface area contributed by atoms with Crippen molar-refractivity contribution in [3.8, 4) is 0 Å². The van der Waals surface area contributed by atoms with Crippen molar-refractivity contribution in [3.05, 3.63) is 71.2 Å². The Hall–Kier alpha value is -2.55. The highest BCUT2D eigenvalue weighted by Crippen LogP contribution is 2.35. The fourth-order valence-electron chi connectivity index (χ4n) is 4.23. The molecule has 1 aromatic heterocycles. The van der Waals surface area contributed by atoms with Gasteiger partial charge in [-0.3, -0.25) is 0 Å². The van der Waals surface area contributed by atoms with Crippen LogP contribution in [0.2, 0.25) is 0 Å². The molecule has 0 saturated heterocycles. The summed E-state index contributed by atoms with van der Waals surface area (Å²) < 4.78 is 2.36. The van der Waals surface area contributed by atoms with Crippen LogP contribution in [0.3, 0.4) is 0 Å². The van der Waals surface area contributed by atoms with E-state index in [4.69, 9.17) is 0 Å². The molecule has 2 nitrogen and oxygen atoms in total. The molecular weight excluding hydrogens is 303 g/mol. The van der Waals surface area contributed by atoms with Crippen molar-refractivity contribution < 1.29 is 4.57 Å². The first-order valence-electron chi connectivity index (χ1n) is 8.88. The Kier molecular flexibility index (Phi) is 3.68. The zero-order chi connectivity index (χ0) is 17.7. The molecule has 4 rings (SSSR count). The second-order valence-corrected chi connectivity index (χ2v) is 7.16. The Labute approximate surface area is 150 Å². The molecule has 3 aromatic rings. The van der Waals surface area contributed by atoms with E-state index in [9.17, 15) is 0 Å². The van der Waals surface area contributed by atoms with Gasteiger partial charge in [0.1, 0.15) is 7.05 Å². The summed E-state index contributed by atoms with van der Waals surface area (Å²) in [5.41, 5.74) is 9.40. The number of nitrogens with zero attached hydrogens (tertiary/aromatic N) is 2. The summed E-state index contributed by atoms with van der Waals surface area (Å²) in [6.07, 6.45) is 0. The molecule has 0 amide bonds. The number of hydrogen-bond acceptors (Lipinski definition) is 1. The van der Waals surface area contributed by atoms with Gasteiger partial charge in [-0.1, -0.05) is 35.8 Å². The minimum absolute atomic E-state index is 0.254. The van der Waals surface area contributed by atoms with Gasteiger partial charge < -0.3 is 4.81 Å². The molecule has 0 spiro atoms. The zero-order valence-electron chi connectivity index (χ0n) is 15.7. The molecule has 3 heteroatoms. The highest BCUT2D eigenvalue weighted by atomic mass is 15.1. The van der Waals surface area contributed by atoms with Gasteiger partial charge in [0.25, 0.3) is 0 Å². The van der Waals surface area contributed by atoms with Crippen LogP contribution in [0.15, 0.2) is 60.1 Å². The molecule has 0 bridgehead atoms. The highest BCUT2D eigenvalue weighted by molar-refractivity contribution is 6.83. The van der Waals surface area contributed by atoms with Crippen molar-refractivity contribution in [2.45, 2.75) is 20.8 Å².